The molecule has 1 aromatic carbocycles. The molecule has 0 saturated carbocycles. The van der Waals surface area contributed by atoms with Crippen LogP contribution in [0.4, 0.5) is 10.1 Å². The third kappa shape index (κ3) is 4.52. The second-order valence-corrected chi connectivity index (χ2v) is 4.60. The number of hydrogen-bond donors (Lipinski definition) is 0. The standard InChI is InChI=1S/C13H19BrFN/c1-2-16(11-5-3-4-10-14)13-8-6-12(15)7-9-13/h6-9H,2-5,10-11H2,1H3. The first-order valence-corrected chi connectivity index (χ1v) is 6.96. The van der Waals surface area contributed by atoms with Gasteiger partial charge in [-0.25, -0.2) is 4.39 Å². The molecule has 0 atom stereocenters. The number of halogens is 2. The maximum absolute atomic E-state index is 12.8. The molecular weight excluding hydrogens is 269 g/mol. The molecule has 1 nitrogen and oxygen atoms in total. The van der Waals surface area contributed by atoms with Gasteiger partial charge in [-0.3, -0.25) is 0 Å². The van der Waals surface area contributed by atoms with E-state index in [9.17, 15) is 4.39 Å². The summed E-state index contributed by atoms with van der Waals surface area (Å²) in [5.74, 6) is -0.168. The molecule has 1 rings (SSSR count). The van der Waals surface area contributed by atoms with Crippen LogP contribution >= 0.6 is 15.9 Å². The Bertz CT molecular complexity index is 286. The number of rotatable bonds is 7. The van der Waals surface area contributed by atoms with Crippen LogP contribution in [-0.4, -0.2) is 18.4 Å². The van der Waals surface area contributed by atoms with Crippen LogP contribution in [0.3, 0.4) is 0 Å². The van der Waals surface area contributed by atoms with Crippen molar-refractivity contribution in [1.29, 1.82) is 0 Å². The lowest BCUT2D eigenvalue weighted by molar-refractivity contribution is 0.627. The Morgan fingerprint density at radius 1 is 1.12 bits per heavy atom. The molecular formula is C13H19BrFN. The minimum absolute atomic E-state index is 0.168. The van der Waals surface area contributed by atoms with E-state index < -0.39 is 0 Å². The average molecular weight is 288 g/mol. The van der Waals surface area contributed by atoms with Crippen molar-refractivity contribution in [2.75, 3.05) is 23.3 Å². The Morgan fingerprint density at radius 3 is 2.38 bits per heavy atom. The molecule has 0 N–H and O–H groups in total. The highest BCUT2D eigenvalue weighted by Crippen LogP contribution is 2.15. The highest BCUT2D eigenvalue weighted by molar-refractivity contribution is 9.09. The summed E-state index contributed by atoms with van der Waals surface area (Å²) in [5.41, 5.74) is 1.11. The maximum atomic E-state index is 12.8. The number of alkyl halides is 1. The van der Waals surface area contributed by atoms with Gasteiger partial charge in [0.2, 0.25) is 0 Å². The van der Waals surface area contributed by atoms with Gasteiger partial charge in [0, 0.05) is 24.1 Å². The summed E-state index contributed by atoms with van der Waals surface area (Å²) in [7, 11) is 0. The van der Waals surface area contributed by atoms with E-state index >= 15 is 0 Å². The van der Waals surface area contributed by atoms with E-state index in [1.807, 2.05) is 12.1 Å². The zero-order chi connectivity index (χ0) is 11.8. The van der Waals surface area contributed by atoms with Crippen LogP contribution in [0, 0.1) is 5.82 Å². The predicted octanol–water partition coefficient (Wildman–Crippen LogP) is 4.22. The molecule has 0 aliphatic carbocycles. The highest BCUT2D eigenvalue weighted by atomic mass is 79.9. The molecule has 0 saturated heterocycles. The second-order valence-electron chi connectivity index (χ2n) is 3.81. The highest BCUT2D eigenvalue weighted by Gasteiger charge is 2.03. The van der Waals surface area contributed by atoms with Gasteiger partial charge in [-0.2, -0.15) is 0 Å². The Morgan fingerprint density at radius 2 is 1.81 bits per heavy atom. The largest absolute Gasteiger partial charge is 0.372 e. The van der Waals surface area contributed by atoms with E-state index in [1.54, 1.807) is 0 Å². The fourth-order valence-corrected chi connectivity index (χ4v) is 2.09. The van der Waals surface area contributed by atoms with E-state index in [0.29, 0.717) is 0 Å². The van der Waals surface area contributed by atoms with Crippen molar-refractivity contribution < 1.29 is 4.39 Å². The number of hydrogen-bond acceptors (Lipinski definition) is 1. The van der Waals surface area contributed by atoms with Gasteiger partial charge in [0.15, 0.2) is 0 Å². The molecule has 1 aromatic rings. The molecule has 0 spiro atoms. The van der Waals surface area contributed by atoms with Crippen LogP contribution in [0.15, 0.2) is 24.3 Å². The Labute approximate surface area is 106 Å². The van der Waals surface area contributed by atoms with Gasteiger partial charge in [-0.1, -0.05) is 22.4 Å². The molecule has 0 fully saturated rings. The average Bonchev–Trinajstić information content (AvgIpc) is 2.31. The molecule has 0 heterocycles. The van der Waals surface area contributed by atoms with E-state index in [2.05, 4.69) is 27.8 Å². The zero-order valence-corrected chi connectivity index (χ0v) is 11.3. The van der Waals surface area contributed by atoms with Gasteiger partial charge in [-0.05, 0) is 44.0 Å². The first kappa shape index (κ1) is 13.5. The van der Waals surface area contributed by atoms with Crippen molar-refractivity contribution in [1.82, 2.24) is 0 Å². The lowest BCUT2D eigenvalue weighted by Crippen LogP contribution is -2.23. The fraction of sp³-hybridized carbons (Fsp3) is 0.538. The van der Waals surface area contributed by atoms with Crippen LogP contribution in [0.25, 0.3) is 0 Å². The molecule has 3 heteroatoms. The third-order valence-corrected chi connectivity index (χ3v) is 3.20. The Hall–Kier alpha value is -0.570. The first-order chi connectivity index (χ1) is 7.77. The summed E-state index contributed by atoms with van der Waals surface area (Å²) in [6.45, 7) is 4.16. The summed E-state index contributed by atoms with van der Waals surface area (Å²) < 4.78 is 12.8. The Balaban J connectivity index is 2.44. The smallest absolute Gasteiger partial charge is 0.123 e. The lowest BCUT2D eigenvalue weighted by atomic mass is 10.2. The quantitative estimate of drug-likeness (QED) is 0.536. The normalized spacial score (nSPS) is 10.4. The Kier molecular flexibility index (Phi) is 6.46. The van der Waals surface area contributed by atoms with Gasteiger partial charge in [0.05, 0.1) is 0 Å². The molecule has 0 bridgehead atoms. The summed E-state index contributed by atoms with van der Waals surface area (Å²) in [6.07, 6.45) is 3.65. The van der Waals surface area contributed by atoms with Gasteiger partial charge < -0.3 is 4.90 Å². The topological polar surface area (TPSA) is 3.24 Å². The van der Waals surface area contributed by atoms with E-state index in [0.717, 1.165) is 24.1 Å². The van der Waals surface area contributed by atoms with Crippen LogP contribution in [0.5, 0.6) is 0 Å². The SMILES string of the molecule is CCN(CCCCCBr)c1ccc(F)cc1. The van der Waals surface area contributed by atoms with Gasteiger partial charge in [0.1, 0.15) is 5.82 Å². The van der Waals surface area contributed by atoms with Crippen LogP contribution in [-0.2, 0) is 0 Å². The molecule has 0 unspecified atom stereocenters. The molecule has 16 heavy (non-hydrogen) atoms. The number of anilines is 1. The minimum atomic E-state index is -0.168. The van der Waals surface area contributed by atoms with Crippen LogP contribution < -0.4 is 4.90 Å². The molecule has 0 aromatic heterocycles. The van der Waals surface area contributed by atoms with E-state index in [1.165, 1.54) is 31.4 Å². The predicted molar refractivity (Wildman–Crippen MR) is 71.9 cm³/mol. The van der Waals surface area contributed by atoms with Crippen molar-refractivity contribution in [3.63, 3.8) is 0 Å². The van der Waals surface area contributed by atoms with Gasteiger partial charge in [-0.15, -0.1) is 0 Å². The van der Waals surface area contributed by atoms with Crippen LogP contribution in [0.1, 0.15) is 26.2 Å². The van der Waals surface area contributed by atoms with Crippen molar-refractivity contribution >= 4 is 21.6 Å². The zero-order valence-electron chi connectivity index (χ0n) is 9.76. The van der Waals surface area contributed by atoms with E-state index in [-0.39, 0.29) is 5.82 Å². The third-order valence-electron chi connectivity index (χ3n) is 2.64. The number of nitrogens with zero attached hydrogens (tertiary/aromatic N) is 1. The van der Waals surface area contributed by atoms with Gasteiger partial charge in [0.25, 0.3) is 0 Å². The summed E-state index contributed by atoms with van der Waals surface area (Å²) >= 11 is 3.43. The van der Waals surface area contributed by atoms with Crippen molar-refractivity contribution in [2.24, 2.45) is 0 Å². The van der Waals surface area contributed by atoms with E-state index in [4.69, 9.17) is 0 Å². The maximum Gasteiger partial charge on any atom is 0.123 e. The lowest BCUT2D eigenvalue weighted by Gasteiger charge is -2.23. The molecule has 90 valence electrons. The first-order valence-electron chi connectivity index (χ1n) is 5.84. The monoisotopic (exact) mass is 287 g/mol. The van der Waals surface area contributed by atoms with Crippen molar-refractivity contribution in [3.05, 3.63) is 30.1 Å². The van der Waals surface area contributed by atoms with Crippen LogP contribution in [0.2, 0.25) is 0 Å². The fourth-order valence-electron chi connectivity index (χ4n) is 1.70. The van der Waals surface area contributed by atoms with Gasteiger partial charge >= 0.3 is 0 Å². The minimum Gasteiger partial charge on any atom is -0.372 e. The van der Waals surface area contributed by atoms with Crippen molar-refractivity contribution in [2.45, 2.75) is 26.2 Å². The molecule has 0 amide bonds. The second kappa shape index (κ2) is 7.66. The summed E-state index contributed by atoms with van der Waals surface area (Å²) in [5, 5.41) is 1.08. The molecule has 0 radical (unpaired) electrons. The molecule has 0 aliphatic rings. The van der Waals surface area contributed by atoms with Crippen molar-refractivity contribution in [3.8, 4) is 0 Å². The number of unbranched alkanes of at least 4 members (excludes halogenated alkanes) is 2. The summed E-state index contributed by atoms with van der Waals surface area (Å²) in [6, 6.07) is 6.75. The summed E-state index contributed by atoms with van der Waals surface area (Å²) in [4.78, 5) is 2.29. The number of benzene rings is 1. The molecule has 0 aliphatic heterocycles.